The predicted octanol–water partition coefficient (Wildman–Crippen LogP) is 0.249. The number of carbonyl (C=O) groups is 3. The summed E-state index contributed by atoms with van der Waals surface area (Å²) in [5.74, 6) is -1.08. The molecule has 1 aliphatic heterocycles. The van der Waals surface area contributed by atoms with E-state index in [1.807, 2.05) is 0 Å². The average Bonchev–Trinajstić information content (AvgIpc) is 2.34. The van der Waals surface area contributed by atoms with Crippen molar-refractivity contribution < 1.29 is 14.4 Å². The Morgan fingerprint density at radius 1 is 1.07 bits per heavy atom. The Kier molecular flexibility index (Phi) is 2.04. The van der Waals surface area contributed by atoms with E-state index in [2.05, 4.69) is 5.32 Å². The zero-order valence-corrected chi connectivity index (χ0v) is 7.50. The summed E-state index contributed by atoms with van der Waals surface area (Å²) in [7, 11) is 0. The first kappa shape index (κ1) is 8.87. The Balaban J connectivity index is 2.39. The summed E-state index contributed by atoms with van der Waals surface area (Å²) in [6, 6.07) is 0. The normalized spacial score (nSPS) is 21.9. The van der Waals surface area contributed by atoms with E-state index in [0.29, 0.717) is 30.5 Å². The Bertz CT molecular complexity index is 390. The number of ketones is 2. The summed E-state index contributed by atoms with van der Waals surface area (Å²) in [6.45, 7) is 0. The fourth-order valence-electron chi connectivity index (χ4n) is 1.61. The van der Waals surface area contributed by atoms with Gasteiger partial charge in [0.05, 0.1) is 0 Å². The highest BCUT2D eigenvalue weighted by molar-refractivity contribution is 6.48. The highest BCUT2D eigenvalue weighted by Crippen LogP contribution is 2.20. The van der Waals surface area contributed by atoms with E-state index >= 15 is 0 Å². The van der Waals surface area contributed by atoms with Gasteiger partial charge < -0.3 is 5.32 Å². The van der Waals surface area contributed by atoms with Crippen molar-refractivity contribution in [1.82, 2.24) is 5.32 Å². The van der Waals surface area contributed by atoms with Crippen LogP contribution in [0, 0.1) is 0 Å². The number of hydrogen-bond donors (Lipinski definition) is 1. The smallest absolute Gasteiger partial charge is 0.230 e. The van der Waals surface area contributed by atoms with Gasteiger partial charge in [0.2, 0.25) is 17.5 Å². The van der Waals surface area contributed by atoms with Crippen LogP contribution in [0.1, 0.15) is 19.3 Å². The monoisotopic (exact) mass is 191 g/mol. The molecule has 0 atom stereocenters. The molecule has 14 heavy (non-hydrogen) atoms. The van der Waals surface area contributed by atoms with E-state index in [1.165, 1.54) is 12.2 Å². The molecule has 0 radical (unpaired) electrons. The van der Waals surface area contributed by atoms with E-state index in [-0.39, 0.29) is 5.91 Å². The van der Waals surface area contributed by atoms with Crippen LogP contribution >= 0.6 is 0 Å². The molecule has 0 bridgehead atoms. The van der Waals surface area contributed by atoms with Crippen molar-refractivity contribution in [1.29, 1.82) is 0 Å². The van der Waals surface area contributed by atoms with Crippen LogP contribution in [-0.2, 0) is 14.4 Å². The van der Waals surface area contributed by atoms with Gasteiger partial charge in [0.1, 0.15) is 0 Å². The summed E-state index contributed by atoms with van der Waals surface area (Å²) < 4.78 is 0. The van der Waals surface area contributed by atoms with Crippen molar-refractivity contribution in [3.8, 4) is 0 Å². The van der Waals surface area contributed by atoms with Gasteiger partial charge in [-0.05, 0) is 25.0 Å². The van der Waals surface area contributed by atoms with Crippen LogP contribution in [0.2, 0.25) is 0 Å². The van der Waals surface area contributed by atoms with Crippen LogP contribution in [0.4, 0.5) is 0 Å². The van der Waals surface area contributed by atoms with Gasteiger partial charge >= 0.3 is 0 Å². The van der Waals surface area contributed by atoms with Crippen molar-refractivity contribution in [2.45, 2.75) is 19.3 Å². The quantitative estimate of drug-likeness (QED) is 0.441. The van der Waals surface area contributed by atoms with Gasteiger partial charge in [-0.25, -0.2) is 0 Å². The minimum atomic E-state index is -0.500. The summed E-state index contributed by atoms with van der Waals surface area (Å²) in [6.07, 6.45) is 4.23. The molecule has 0 spiro atoms. The lowest BCUT2D eigenvalue weighted by Gasteiger charge is -2.10. The van der Waals surface area contributed by atoms with Gasteiger partial charge in [0.25, 0.3) is 0 Å². The molecule has 1 N–H and O–H groups in total. The average molecular weight is 191 g/mol. The number of rotatable bonds is 0. The second-order valence-corrected chi connectivity index (χ2v) is 3.32. The van der Waals surface area contributed by atoms with E-state index in [0.717, 1.165) is 0 Å². The van der Waals surface area contributed by atoms with Gasteiger partial charge in [-0.3, -0.25) is 14.4 Å². The summed E-state index contributed by atoms with van der Waals surface area (Å²) in [5.41, 5.74) is 0.945. The molecule has 0 fully saturated rings. The van der Waals surface area contributed by atoms with Gasteiger partial charge in [-0.2, -0.15) is 0 Å². The molecule has 4 nitrogen and oxygen atoms in total. The molecule has 2 rings (SSSR count). The molecule has 0 unspecified atom stereocenters. The SMILES string of the molecule is O=C1CCCC2=C(C=CC(=O)C2=O)N1. The Morgan fingerprint density at radius 3 is 2.64 bits per heavy atom. The first-order valence-corrected chi connectivity index (χ1v) is 4.48. The van der Waals surface area contributed by atoms with E-state index in [4.69, 9.17) is 0 Å². The second-order valence-electron chi connectivity index (χ2n) is 3.32. The maximum Gasteiger partial charge on any atom is 0.230 e. The molecule has 0 aromatic carbocycles. The molecule has 0 aromatic rings. The third-order valence-electron chi connectivity index (χ3n) is 2.33. The fraction of sp³-hybridized carbons (Fsp3) is 0.300. The first-order valence-electron chi connectivity index (χ1n) is 4.48. The molecule has 0 saturated carbocycles. The molecule has 72 valence electrons. The van der Waals surface area contributed by atoms with Crippen molar-refractivity contribution in [3.63, 3.8) is 0 Å². The van der Waals surface area contributed by atoms with Crippen molar-refractivity contribution >= 4 is 17.5 Å². The molecule has 1 heterocycles. The standard InChI is InChI=1S/C10H9NO3/c12-8-5-4-7-6(10(8)14)2-1-3-9(13)11-7/h4-5H,1-3H2,(H,11,13). The zero-order chi connectivity index (χ0) is 10.1. The number of carbonyl (C=O) groups excluding carboxylic acids is 3. The maximum absolute atomic E-state index is 11.4. The maximum atomic E-state index is 11.4. The summed E-state index contributed by atoms with van der Waals surface area (Å²) in [4.78, 5) is 33.6. The highest BCUT2D eigenvalue weighted by atomic mass is 16.2. The van der Waals surface area contributed by atoms with Gasteiger partial charge in [0, 0.05) is 17.7 Å². The number of allylic oxidation sites excluding steroid dienone is 3. The number of nitrogens with one attached hydrogen (secondary N) is 1. The fourth-order valence-corrected chi connectivity index (χ4v) is 1.61. The second kappa shape index (κ2) is 3.21. The lowest BCUT2D eigenvalue weighted by Crippen LogP contribution is -2.26. The molecular weight excluding hydrogens is 182 g/mol. The minimum absolute atomic E-state index is 0.0956. The van der Waals surface area contributed by atoms with Crippen LogP contribution in [0.25, 0.3) is 0 Å². The van der Waals surface area contributed by atoms with Crippen molar-refractivity contribution in [2.75, 3.05) is 0 Å². The van der Waals surface area contributed by atoms with Gasteiger partial charge in [-0.1, -0.05) is 0 Å². The molecule has 1 amide bonds. The van der Waals surface area contributed by atoms with Gasteiger partial charge in [-0.15, -0.1) is 0 Å². The third kappa shape index (κ3) is 1.39. The highest BCUT2D eigenvalue weighted by Gasteiger charge is 2.26. The molecule has 2 aliphatic rings. The van der Waals surface area contributed by atoms with Crippen LogP contribution in [-0.4, -0.2) is 17.5 Å². The lowest BCUT2D eigenvalue weighted by molar-refractivity contribution is -0.131. The lowest BCUT2D eigenvalue weighted by atomic mass is 9.96. The largest absolute Gasteiger partial charge is 0.326 e. The number of amides is 1. The predicted molar refractivity (Wildman–Crippen MR) is 48.2 cm³/mol. The van der Waals surface area contributed by atoms with Crippen molar-refractivity contribution in [2.24, 2.45) is 0 Å². The molecular formula is C10H9NO3. The molecule has 1 aliphatic carbocycles. The van der Waals surface area contributed by atoms with Gasteiger partial charge in [0.15, 0.2) is 0 Å². The Hall–Kier alpha value is -1.71. The number of Topliss-reactive ketones (excluding diaryl/α,β-unsaturated/α-hetero) is 1. The Morgan fingerprint density at radius 2 is 1.86 bits per heavy atom. The summed E-state index contributed by atoms with van der Waals surface area (Å²) in [5, 5.41) is 2.61. The first-order chi connectivity index (χ1) is 6.68. The van der Waals surface area contributed by atoms with E-state index in [1.54, 1.807) is 0 Å². The molecule has 0 aromatic heterocycles. The minimum Gasteiger partial charge on any atom is -0.326 e. The molecule has 4 heteroatoms. The van der Waals surface area contributed by atoms with Crippen LogP contribution in [0.15, 0.2) is 23.4 Å². The molecule has 0 saturated heterocycles. The zero-order valence-electron chi connectivity index (χ0n) is 7.50. The van der Waals surface area contributed by atoms with Crippen LogP contribution in [0.5, 0.6) is 0 Å². The Labute approximate surface area is 80.7 Å². The van der Waals surface area contributed by atoms with Crippen LogP contribution < -0.4 is 5.32 Å². The van der Waals surface area contributed by atoms with Crippen molar-refractivity contribution in [3.05, 3.63) is 23.4 Å². The van der Waals surface area contributed by atoms with E-state index in [9.17, 15) is 14.4 Å². The summed E-state index contributed by atoms with van der Waals surface area (Å²) >= 11 is 0. The third-order valence-corrected chi connectivity index (χ3v) is 2.33. The topological polar surface area (TPSA) is 63.2 Å². The number of hydrogen-bond acceptors (Lipinski definition) is 3. The van der Waals surface area contributed by atoms with E-state index < -0.39 is 11.6 Å². The van der Waals surface area contributed by atoms with Crippen LogP contribution in [0.3, 0.4) is 0 Å².